The summed E-state index contributed by atoms with van der Waals surface area (Å²) >= 11 is 6.18. The van der Waals surface area contributed by atoms with E-state index in [0.29, 0.717) is 23.0 Å². The number of hydrogen-bond donors (Lipinski definition) is 0. The summed E-state index contributed by atoms with van der Waals surface area (Å²) in [5, 5.41) is 0.604. The van der Waals surface area contributed by atoms with E-state index < -0.39 is 5.92 Å². The van der Waals surface area contributed by atoms with Crippen molar-refractivity contribution in [3.05, 3.63) is 58.1 Å². The molecule has 0 aromatic heterocycles. The number of esters is 1. The topological polar surface area (TPSA) is 46.6 Å². The van der Waals surface area contributed by atoms with Crippen molar-refractivity contribution in [2.45, 2.75) is 40.0 Å². The monoisotopic (exact) mass is 385 g/mol. The summed E-state index contributed by atoms with van der Waals surface area (Å²) in [4.78, 5) is 26.8. The fourth-order valence-electron chi connectivity index (χ4n) is 3.26. The second-order valence-electron chi connectivity index (χ2n) is 7.46. The Balaban J connectivity index is 1.76. The van der Waals surface area contributed by atoms with Gasteiger partial charge < -0.3 is 9.64 Å². The van der Waals surface area contributed by atoms with Crippen molar-refractivity contribution in [1.29, 1.82) is 0 Å². The Morgan fingerprint density at radius 2 is 1.93 bits per heavy atom. The summed E-state index contributed by atoms with van der Waals surface area (Å²) in [6.45, 7) is 8.30. The Morgan fingerprint density at radius 1 is 1.19 bits per heavy atom. The molecule has 4 nitrogen and oxygen atoms in total. The van der Waals surface area contributed by atoms with E-state index >= 15 is 0 Å². The molecule has 0 unspecified atom stereocenters. The van der Waals surface area contributed by atoms with E-state index in [-0.39, 0.29) is 24.2 Å². The van der Waals surface area contributed by atoms with Crippen LogP contribution >= 0.6 is 11.6 Å². The number of carbonyl (C=O) groups is 2. The van der Waals surface area contributed by atoms with Crippen LogP contribution in [0.4, 0.5) is 5.69 Å². The largest absolute Gasteiger partial charge is 0.426 e. The van der Waals surface area contributed by atoms with Crippen LogP contribution in [0.25, 0.3) is 0 Å². The minimum absolute atomic E-state index is 0.0924. The number of benzene rings is 2. The SMILES string of the molecule is Cc1ccc(C(C)C)c(OC(=O)[C@H]2CC(=O)N(c3ccc(C)c(Cl)c3)C2)c1. The van der Waals surface area contributed by atoms with Crippen molar-refractivity contribution < 1.29 is 14.3 Å². The molecular formula is C22H24ClNO3. The van der Waals surface area contributed by atoms with Gasteiger partial charge in [0.25, 0.3) is 0 Å². The molecule has 1 aliphatic heterocycles. The lowest BCUT2D eigenvalue weighted by Crippen LogP contribution is -2.27. The molecule has 0 bridgehead atoms. The average Bonchev–Trinajstić information content (AvgIpc) is 2.99. The number of nitrogens with zero attached hydrogens (tertiary/aromatic N) is 1. The maximum Gasteiger partial charge on any atom is 0.316 e. The summed E-state index contributed by atoms with van der Waals surface area (Å²) < 4.78 is 5.70. The molecule has 5 heteroatoms. The van der Waals surface area contributed by atoms with Gasteiger partial charge in [0.1, 0.15) is 5.75 Å². The first-order chi connectivity index (χ1) is 12.8. The number of hydrogen-bond acceptors (Lipinski definition) is 3. The average molecular weight is 386 g/mol. The highest BCUT2D eigenvalue weighted by molar-refractivity contribution is 6.31. The van der Waals surface area contributed by atoms with Gasteiger partial charge in [-0.2, -0.15) is 0 Å². The van der Waals surface area contributed by atoms with Crippen molar-refractivity contribution >= 4 is 29.2 Å². The normalized spacial score (nSPS) is 16.9. The zero-order chi connectivity index (χ0) is 19.7. The molecule has 1 saturated heterocycles. The maximum absolute atomic E-state index is 12.7. The molecule has 142 valence electrons. The van der Waals surface area contributed by atoms with Crippen molar-refractivity contribution in [1.82, 2.24) is 0 Å². The lowest BCUT2D eigenvalue weighted by molar-refractivity contribution is -0.139. The van der Waals surface area contributed by atoms with Gasteiger partial charge in [-0.1, -0.05) is 43.6 Å². The van der Waals surface area contributed by atoms with Crippen molar-refractivity contribution in [3.8, 4) is 5.75 Å². The highest BCUT2D eigenvalue weighted by atomic mass is 35.5. The van der Waals surface area contributed by atoms with E-state index in [1.807, 2.05) is 44.2 Å². The molecule has 1 amide bonds. The van der Waals surface area contributed by atoms with Crippen LogP contribution in [0.1, 0.15) is 42.9 Å². The summed E-state index contributed by atoms with van der Waals surface area (Å²) in [5.74, 6) is -0.121. The van der Waals surface area contributed by atoms with Crippen LogP contribution in [-0.4, -0.2) is 18.4 Å². The smallest absolute Gasteiger partial charge is 0.316 e. The Bertz CT molecular complexity index is 891. The zero-order valence-electron chi connectivity index (χ0n) is 16.1. The third kappa shape index (κ3) is 4.16. The molecule has 2 aromatic rings. The van der Waals surface area contributed by atoms with Gasteiger partial charge in [-0.15, -0.1) is 0 Å². The Labute approximate surface area is 165 Å². The maximum atomic E-state index is 12.7. The molecule has 1 heterocycles. The van der Waals surface area contributed by atoms with Crippen LogP contribution in [0, 0.1) is 19.8 Å². The van der Waals surface area contributed by atoms with Gasteiger partial charge >= 0.3 is 5.97 Å². The lowest BCUT2D eigenvalue weighted by Gasteiger charge is -2.18. The summed E-state index contributed by atoms with van der Waals surface area (Å²) in [7, 11) is 0. The molecule has 0 spiro atoms. The van der Waals surface area contributed by atoms with Crippen molar-refractivity contribution in [3.63, 3.8) is 0 Å². The Hall–Kier alpha value is -2.33. The number of carbonyl (C=O) groups excluding carboxylic acids is 2. The Kier molecular flexibility index (Phi) is 5.56. The summed E-state index contributed by atoms with van der Waals surface area (Å²) in [6.07, 6.45) is 0.146. The quantitative estimate of drug-likeness (QED) is 0.547. The van der Waals surface area contributed by atoms with Gasteiger partial charge in [-0.25, -0.2) is 0 Å². The van der Waals surface area contributed by atoms with E-state index in [1.54, 1.807) is 11.0 Å². The summed E-state index contributed by atoms with van der Waals surface area (Å²) in [6, 6.07) is 11.4. The second kappa shape index (κ2) is 7.73. The predicted octanol–water partition coefficient (Wildman–Crippen LogP) is 5.04. The van der Waals surface area contributed by atoms with Crippen LogP contribution in [0.2, 0.25) is 5.02 Å². The van der Waals surface area contributed by atoms with Gasteiger partial charge in [-0.3, -0.25) is 9.59 Å². The first kappa shape index (κ1) is 19.4. The fraction of sp³-hybridized carbons (Fsp3) is 0.364. The first-order valence-corrected chi connectivity index (χ1v) is 9.53. The van der Waals surface area contributed by atoms with Crippen molar-refractivity contribution in [2.75, 3.05) is 11.4 Å². The van der Waals surface area contributed by atoms with Gasteiger partial charge in [-0.05, 0) is 54.7 Å². The highest BCUT2D eigenvalue weighted by Crippen LogP contribution is 2.32. The van der Waals surface area contributed by atoms with E-state index in [4.69, 9.17) is 16.3 Å². The van der Waals surface area contributed by atoms with E-state index in [2.05, 4.69) is 13.8 Å². The standard InChI is InChI=1S/C22H24ClNO3/c1-13(2)18-8-5-14(3)9-20(18)27-22(26)16-10-21(25)24(12-16)17-7-6-15(4)19(23)11-17/h5-9,11,13,16H,10,12H2,1-4H3/t16-/m0/s1. The van der Waals surface area contributed by atoms with E-state index in [1.165, 1.54) is 0 Å². The zero-order valence-corrected chi connectivity index (χ0v) is 16.8. The van der Waals surface area contributed by atoms with Crippen LogP contribution in [0.15, 0.2) is 36.4 Å². The van der Waals surface area contributed by atoms with Gasteiger partial charge in [0.15, 0.2) is 0 Å². The third-order valence-corrected chi connectivity index (χ3v) is 5.33. The molecule has 27 heavy (non-hydrogen) atoms. The molecule has 1 aliphatic rings. The van der Waals surface area contributed by atoms with Crippen LogP contribution in [-0.2, 0) is 9.59 Å². The fourth-order valence-corrected chi connectivity index (χ4v) is 3.44. The Morgan fingerprint density at radius 3 is 2.59 bits per heavy atom. The van der Waals surface area contributed by atoms with Crippen molar-refractivity contribution in [2.24, 2.45) is 5.92 Å². The second-order valence-corrected chi connectivity index (χ2v) is 7.86. The number of aryl methyl sites for hydroxylation is 2. The van der Waals surface area contributed by atoms with Gasteiger partial charge in [0, 0.05) is 23.7 Å². The lowest BCUT2D eigenvalue weighted by atomic mass is 10.0. The van der Waals surface area contributed by atoms with E-state index in [0.717, 1.165) is 16.7 Å². The number of rotatable bonds is 4. The number of ether oxygens (including phenoxy) is 1. The molecule has 0 saturated carbocycles. The van der Waals surface area contributed by atoms with E-state index in [9.17, 15) is 9.59 Å². The van der Waals surface area contributed by atoms with Crippen LogP contribution < -0.4 is 9.64 Å². The molecule has 1 atom stereocenters. The predicted molar refractivity (Wildman–Crippen MR) is 108 cm³/mol. The minimum atomic E-state index is -0.488. The number of halogens is 1. The number of anilines is 1. The summed E-state index contributed by atoms with van der Waals surface area (Å²) in [5.41, 5.74) is 3.68. The van der Waals surface area contributed by atoms with Crippen LogP contribution in [0.3, 0.4) is 0 Å². The number of amides is 1. The van der Waals surface area contributed by atoms with Crippen LogP contribution in [0.5, 0.6) is 5.75 Å². The van der Waals surface area contributed by atoms with Gasteiger partial charge in [0.2, 0.25) is 5.91 Å². The molecular weight excluding hydrogens is 362 g/mol. The molecule has 0 N–H and O–H groups in total. The molecule has 3 rings (SSSR count). The van der Waals surface area contributed by atoms with Gasteiger partial charge in [0.05, 0.1) is 5.92 Å². The first-order valence-electron chi connectivity index (χ1n) is 9.15. The molecule has 1 fully saturated rings. The third-order valence-electron chi connectivity index (χ3n) is 4.93. The molecule has 2 aromatic carbocycles. The minimum Gasteiger partial charge on any atom is -0.426 e. The molecule has 0 aliphatic carbocycles. The molecule has 0 radical (unpaired) electrons. The highest BCUT2D eigenvalue weighted by Gasteiger charge is 2.36.